The lowest BCUT2D eigenvalue weighted by molar-refractivity contribution is -0.384. The van der Waals surface area contributed by atoms with Crippen LogP contribution >= 0.6 is 0 Å². The number of amides is 1. The maximum Gasteiger partial charge on any atom is 0.416 e. The lowest BCUT2D eigenvalue weighted by Crippen LogP contribution is -2.47. The summed E-state index contributed by atoms with van der Waals surface area (Å²) in [6, 6.07) is 5.67. The van der Waals surface area contributed by atoms with Crippen LogP contribution in [0.1, 0.15) is 37.5 Å². The number of anilines is 1. The van der Waals surface area contributed by atoms with Crippen LogP contribution in [0.2, 0.25) is 0 Å². The molecule has 1 amide bonds. The SMILES string of the molecule is Cc1cc(F)ccc1COC(=O)N(c1nccc(C)c1[N+](=O)[O-])C(C)(C)C. The summed E-state index contributed by atoms with van der Waals surface area (Å²) in [6.45, 7) is 8.39. The number of nitrogens with zero attached hydrogens (tertiary/aromatic N) is 3. The molecule has 0 N–H and O–H groups in total. The van der Waals surface area contributed by atoms with Gasteiger partial charge in [0, 0.05) is 17.3 Å². The largest absolute Gasteiger partial charge is 0.444 e. The van der Waals surface area contributed by atoms with E-state index >= 15 is 0 Å². The van der Waals surface area contributed by atoms with Crippen LogP contribution in [0, 0.1) is 29.8 Å². The molecule has 0 spiro atoms. The highest BCUT2D eigenvalue weighted by Gasteiger charge is 2.36. The molecule has 8 heteroatoms. The average Bonchev–Trinajstić information content (AvgIpc) is 2.52. The fraction of sp³-hybridized carbons (Fsp3) is 0.368. The molecule has 1 aromatic heterocycles. The van der Waals surface area contributed by atoms with Gasteiger partial charge < -0.3 is 4.74 Å². The highest BCUT2D eigenvalue weighted by Crippen LogP contribution is 2.33. The van der Waals surface area contributed by atoms with Crippen molar-refractivity contribution in [3.05, 3.63) is 63.1 Å². The Balaban J connectivity index is 2.36. The first kappa shape index (κ1) is 20.3. The summed E-state index contributed by atoms with van der Waals surface area (Å²) in [5.74, 6) is -0.452. The first-order chi connectivity index (χ1) is 12.5. The van der Waals surface area contributed by atoms with E-state index in [0.29, 0.717) is 16.7 Å². The van der Waals surface area contributed by atoms with Crippen molar-refractivity contribution in [2.75, 3.05) is 4.90 Å². The fourth-order valence-corrected chi connectivity index (χ4v) is 2.63. The average molecular weight is 375 g/mol. The third-order valence-corrected chi connectivity index (χ3v) is 4.01. The summed E-state index contributed by atoms with van der Waals surface area (Å²) in [4.78, 5) is 29.0. The van der Waals surface area contributed by atoms with Crippen molar-refractivity contribution in [2.24, 2.45) is 0 Å². The quantitative estimate of drug-likeness (QED) is 0.572. The second kappa shape index (κ2) is 7.69. The van der Waals surface area contributed by atoms with Crippen LogP contribution in [-0.4, -0.2) is 21.5 Å². The summed E-state index contributed by atoms with van der Waals surface area (Å²) < 4.78 is 18.6. The molecule has 2 rings (SSSR count). The van der Waals surface area contributed by atoms with Gasteiger partial charge in [0.25, 0.3) is 0 Å². The molecular weight excluding hydrogens is 353 g/mol. The molecule has 7 nitrogen and oxygen atoms in total. The zero-order valence-electron chi connectivity index (χ0n) is 15.9. The Kier molecular flexibility index (Phi) is 5.78. The fourth-order valence-electron chi connectivity index (χ4n) is 2.63. The number of ether oxygens (including phenoxy) is 1. The number of benzene rings is 1. The van der Waals surface area contributed by atoms with Crippen molar-refractivity contribution >= 4 is 17.6 Å². The Hall–Kier alpha value is -3.03. The number of pyridine rings is 1. The molecule has 0 saturated heterocycles. The standard InChI is InChI=1S/C19H22FN3O4/c1-12-8-9-21-17(16(12)23(25)26)22(19(3,4)5)18(24)27-11-14-6-7-15(20)10-13(14)2/h6-10H,11H2,1-5H3. The van der Waals surface area contributed by atoms with E-state index in [0.717, 1.165) is 4.90 Å². The van der Waals surface area contributed by atoms with Gasteiger partial charge in [-0.15, -0.1) is 0 Å². The first-order valence-corrected chi connectivity index (χ1v) is 8.34. The number of hydrogen-bond donors (Lipinski definition) is 0. The van der Waals surface area contributed by atoms with Gasteiger partial charge in [0.2, 0.25) is 5.82 Å². The molecular formula is C19H22FN3O4. The topological polar surface area (TPSA) is 85.6 Å². The minimum Gasteiger partial charge on any atom is -0.444 e. The normalized spacial score (nSPS) is 11.2. The van der Waals surface area contributed by atoms with Crippen molar-refractivity contribution in [1.29, 1.82) is 0 Å². The van der Waals surface area contributed by atoms with Gasteiger partial charge in [0.05, 0.1) is 4.92 Å². The van der Waals surface area contributed by atoms with E-state index < -0.39 is 16.6 Å². The Bertz CT molecular complexity index is 878. The number of nitro groups is 1. The zero-order chi connectivity index (χ0) is 20.4. The molecule has 0 unspecified atom stereocenters. The van der Waals surface area contributed by atoms with Crippen LogP contribution in [0.15, 0.2) is 30.5 Å². The molecule has 0 aliphatic rings. The molecule has 2 aromatic rings. The molecule has 0 saturated carbocycles. The highest BCUT2D eigenvalue weighted by molar-refractivity contribution is 5.91. The molecule has 0 radical (unpaired) electrons. The van der Waals surface area contributed by atoms with Crippen LogP contribution in [-0.2, 0) is 11.3 Å². The molecule has 0 aliphatic carbocycles. The number of carbonyl (C=O) groups excluding carboxylic acids is 1. The van der Waals surface area contributed by atoms with Crippen molar-refractivity contribution in [3.8, 4) is 0 Å². The van der Waals surface area contributed by atoms with Crippen LogP contribution < -0.4 is 4.90 Å². The molecule has 1 heterocycles. The minimum atomic E-state index is -0.819. The van der Waals surface area contributed by atoms with E-state index in [4.69, 9.17) is 4.74 Å². The van der Waals surface area contributed by atoms with Gasteiger partial charge in [-0.2, -0.15) is 0 Å². The molecule has 0 atom stereocenters. The lowest BCUT2D eigenvalue weighted by Gasteiger charge is -2.33. The Labute approximate surface area is 156 Å². The zero-order valence-corrected chi connectivity index (χ0v) is 15.9. The molecule has 0 aliphatic heterocycles. The minimum absolute atomic E-state index is 0.0756. The van der Waals surface area contributed by atoms with E-state index in [2.05, 4.69) is 4.98 Å². The van der Waals surface area contributed by atoms with Crippen LogP contribution in [0.3, 0.4) is 0 Å². The van der Waals surface area contributed by atoms with Gasteiger partial charge >= 0.3 is 11.8 Å². The first-order valence-electron chi connectivity index (χ1n) is 8.34. The second-order valence-electron chi connectivity index (χ2n) is 7.19. The van der Waals surface area contributed by atoms with Crippen molar-refractivity contribution in [1.82, 2.24) is 4.98 Å². The Morgan fingerprint density at radius 2 is 1.93 bits per heavy atom. The molecule has 0 fully saturated rings. The number of carbonyl (C=O) groups is 1. The van der Waals surface area contributed by atoms with Gasteiger partial charge in [-0.3, -0.25) is 15.0 Å². The number of aryl methyl sites for hydroxylation is 2. The predicted octanol–water partition coefficient (Wildman–Crippen LogP) is 4.69. The molecule has 27 heavy (non-hydrogen) atoms. The van der Waals surface area contributed by atoms with Gasteiger partial charge in [-0.05, 0) is 63.9 Å². The summed E-state index contributed by atoms with van der Waals surface area (Å²) in [5, 5.41) is 11.5. The second-order valence-corrected chi connectivity index (χ2v) is 7.19. The van der Waals surface area contributed by atoms with Gasteiger partial charge in [-0.1, -0.05) is 6.07 Å². The molecule has 0 bridgehead atoms. The smallest absolute Gasteiger partial charge is 0.416 e. The van der Waals surface area contributed by atoms with Crippen molar-refractivity contribution in [3.63, 3.8) is 0 Å². The molecule has 144 valence electrons. The third kappa shape index (κ3) is 4.58. The van der Waals surface area contributed by atoms with E-state index in [-0.39, 0.29) is 23.9 Å². The van der Waals surface area contributed by atoms with E-state index in [1.807, 2.05) is 0 Å². The predicted molar refractivity (Wildman–Crippen MR) is 99.2 cm³/mol. The molecule has 1 aromatic carbocycles. The monoisotopic (exact) mass is 375 g/mol. The summed E-state index contributed by atoms with van der Waals surface area (Å²) in [5.41, 5.74) is 0.611. The van der Waals surface area contributed by atoms with Crippen LogP contribution in [0.5, 0.6) is 0 Å². The van der Waals surface area contributed by atoms with E-state index in [9.17, 15) is 19.3 Å². The number of aromatic nitrogens is 1. The van der Waals surface area contributed by atoms with E-state index in [1.54, 1.807) is 34.6 Å². The van der Waals surface area contributed by atoms with Gasteiger partial charge in [0.15, 0.2) is 0 Å². The maximum absolute atomic E-state index is 13.2. The third-order valence-electron chi connectivity index (χ3n) is 4.01. The highest BCUT2D eigenvalue weighted by atomic mass is 19.1. The lowest BCUT2D eigenvalue weighted by atomic mass is 10.1. The number of hydrogen-bond acceptors (Lipinski definition) is 5. The van der Waals surface area contributed by atoms with Crippen LogP contribution in [0.25, 0.3) is 0 Å². The Morgan fingerprint density at radius 3 is 2.48 bits per heavy atom. The summed E-state index contributed by atoms with van der Waals surface area (Å²) in [6.07, 6.45) is 0.640. The summed E-state index contributed by atoms with van der Waals surface area (Å²) >= 11 is 0. The number of halogens is 1. The van der Waals surface area contributed by atoms with Gasteiger partial charge in [-0.25, -0.2) is 14.2 Å². The van der Waals surface area contributed by atoms with Crippen molar-refractivity contribution < 1.29 is 18.8 Å². The van der Waals surface area contributed by atoms with Crippen molar-refractivity contribution in [2.45, 2.75) is 46.8 Å². The maximum atomic E-state index is 13.2. The number of rotatable bonds is 4. The van der Waals surface area contributed by atoms with E-state index in [1.165, 1.54) is 30.5 Å². The summed E-state index contributed by atoms with van der Waals surface area (Å²) in [7, 11) is 0. The Morgan fingerprint density at radius 1 is 1.26 bits per heavy atom. The van der Waals surface area contributed by atoms with Gasteiger partial charge in [0.1, 0.15) is 12.4 Å². The van der Waals surface area contributed by atoms with Crippen LogP contribution in [0.4, 0.5) is 20.7 Å².